The third-order valence-corrected chi connectivity index (χ3v) is 5.73. The second-order valence-corrected chi connectivity index (χ2v) is 8.97. The van der Waals surface area contributed by atoms with E-state index in [0.29, 0.717) is 6.61 Å². The lowest BCUT2D eigenvalue weighted by Crippen LogP contribution is -2.39. The van der Waals surface area contributed by atoms with Crippen molar-refractivity contribution in [2.45, 2.75) is 89.0 Å². The molecular formula is C22H35NO6S. The summed E-state index contributed by atoms with van der Waals surface area (Å²) in [6, 6.07) is 3.96. The maximum absolute atomic E-state index is 12.1. The molecule has 1 atom stereocenters. The highest BCUT2D eigenvalue weighted by Gasteiger charge is 2.18. The molecule has 0 bridgehead atoms. The summed E-state index contributed by atoms with van der Waals surface area (Å²) in [7, 11) is -4.31. The van der Waals surface area contributed by atoms with E-state index >= 15 is 0 Å². The second kappa shape index (κ2) is 14.1. The van der Waals surface area contributed by atoms with E-state index in [2.05, 4.69) is 12.2 Å². The number of amides is 1. The molecule has 2 N–H and O–H groups in total. The molecule has 0 heterocycles. The Bertz CT molecular complexity index is 745. The second-order valence-electron chi connectivity index (χ2n) is 7.54. The average molecular weight is 442 g/mol. The van der Waals surface area contributed by atoms with Gasteiger partial charge in [-0.1, -0.05) is 64.7 Å². The molecule has 7 nitrogen and oxygen atoms in total. The van der Waals surface area contributed by atoms with Gasteiger partial charge in [0.1, 0.15) is 6.04 Å². The van der Waals surface area contributed by atoms with Crippen LogP contribution in [0.5, 0.6) is 0 Å². The summed E-state index contributed by atoms with van der Waals surface area (Å²) < 4.78 is 36.2. The van der Waals surface area contributed by atoms with E-state index in [9.17, 15) is 18.0 Å². The molecule has 0 aliphatic carbocycles. The number of ether oxygens (including phenoxy) is 1. The van der Waals surface area contributed by atoms with Crippen molar-refractivity contribution in [3.05, 3.63) is 29.8 Å². The molecule has 0 aromatic heterocycles. The third-order valence-electron chi connectivity index (χ3n) is 4.86. The lowest BCUT2D eigenvalue weighted by molar-refractivity contribution is -0.145. The molecule has 0 saturated heterocycles. The molecule has 0 radical (unpaired) electrons. The topological polar surface area (TPSA) is 110 Å². The minimum atomic E-state index is -4.31. The fourth-order valence-corrected chi connectivity index (χ4v) is 3.48. The van der Waals surface area contributed by atoms with Crippen molar-refractivity contribution in [3.8, 4) is 0 Å². The van der Waals surface area contributed by atoms with Crippen LogP contribution in [0, 0.1) is 0 Å². The van der Waals surface area contributed by atoms with Crippen LogP contribution >= 0.6 is 0 Å². The zero-order valence-electron chi connectivity index (χ0n) is 18.1. The number of carbonyl (C=O) groups is 2. The number of hydrogen-bond donors (Lipinski definition) is 2. The Morgan fingerprint density at radius 3 is 1.93 bits per heavy atom. The fourth-order valence-electron chi connectivity index (χ4n) is 3.00. The normalized spacial score (nSPS) is 12.4. The largest absolute Gasteiger partial charge is 0.464 e. The molecular weight excluding hydrogens is 406 g/mol. The minimum absolute atomic E-state index is 0.178. The van der Waals surface area contributed by atoms with Crippen molar-refractivity contribution < 1.29 is 27.3 Å². The van der Waals surface area contributed by atoms with Gasteiger partial charge in [0.05, 0.1) is 11.5 Å². The van der Waals surface area contributed by atoms with E-state index < -0.39 is 28.0 Å². The van der Waals surface area contributed by atoms with E-state index in [4.69, 9.17) is 9.29 Å². The van der Waals surface area contributed by atoms with E-state index in [-0.39, 0.29) is 10.5 Å². The number of esters is 1. The first-order valence-electron chi connectivity index (χ1n) is 10.8. The van der Waals surface area contributed by atoms with Crippen LogP contribution in [0.3, 0.4) is 0 Å². The van der Waals surface area contributed by atoms with Gasteiger partial charge in [-0.2, -0.15) is 8.42 Å². The summed E-state index contributed by atoms with van der Waals surface area (Å²) in [6.07, 6.45) is 12.0. The molecule has 0 aliphatic rings. The van der Waals surface area contributed by atoms with Crippen molar-refractivity contribution in [2.24, 2.45) is 0 Å². The summed E-state index contributed by atoms with van der Waals surface area (Å²) in [5, 5.41) is 2.52. The standard InChI is InChI=1S/C22H35NO6S/c1-3-4-5-6-7-8-9-10-11-12-17-29-22(25)18(2)23-21(24)19-13-15-20(16-14-19)30(26,27)28/h13-16,18H,3-12,17H2,1-2H3,(H,23,24)(H,26,27,28)/t18-/m1/s1. The molecule has 30 heavy (non-hydrogen) atoms. The number of rotatable bonds is 15. The highest BCUT2D eigenvalue weighted by molar-refractivity contribution is 7.85. The van der Waals surface area contributed by atoms with Crippen LogP contribution < -0.4 is 5.32 Å². The van der Waals surface area contributed by atoms with Crippen LogP contribution in [0.4, 0.5) is 0 Å². The average Bonchev–Trinajstić information content (AvgIpc) is 2.71. The highest BCUT2D eigenvalue weighted by atomic mass is 32.2. The van der Waals surface area contributed by atoms with Crippen LogP contribution in [0.15, 0.2) is 29.2 Å². The third kappa shape index (κ3) is 10.7. The molecule has 0 saturated carbocycles. The predicted molar refractivity (Wildman–Crippen MR) is 116 cm³/mol. The van der Waals surface area contributed by atoms with Gasteiger partial charge in [-0.3, -0.25) is 9.35 Å². The molecule has 0 unspecified atom stereocenters. The van der Waals surface area contributed by atoms with Gasteiger partial charge in [-0.05, 0) is 37.6 Å². The monoisotopic (exact) mass is 441 g/mol. The van der Waals surface area contributed by atoms with Gasteiger partial charge >= 0.3 is 5.97 Å². The first-order valence-corrected chi connectivity index (χ1v) is 12.2. The molecule has 1 aromatic carbocycles. The maximum atomic E-state index is 12.1. The van der Waals surface area contributed by atoms with E-state index in [1.165, 1.54) is 64.0 Å². The SMILES string of the molecule is CCCCCCCCCCCCOC(=O)[C@@H](C)NC(=O)c1ccc(S(=O)(=O)O)cc1. The Hall–Kier alpha value is -1.93. The van der Waals surface area contributed by atoms with Crippen LogP contribution in [0.2, 0.25) is 0 Å². The van der Waals surface area contributed by atoms with Gasteiger partial charge in [0.2, 0.25) is 0 Å². The quantitative estimate of drug-likeness (QED) is 0.235. The summed E-state index contributed by atoms with van der Waals surface area (Å²) in [5.74, 6) is -1.03. The van der Waals surface area contributed by atoms with Gasteiger partial charge < -0.3 is 10.1 Å². The number of unbranched alkanes of at least 4 members (excludes halogenated alkanes) is 9. The number of nitrogens with one attached hydrogen (secondary N) is 1. The van der Waals surface area contributed by atoms with Crippen LogP contribution in [0.25, 0.3) is 0 Å². The van der Waals surface area contributed by atoms with Crippen molar-refractivity contribution in [2.75, 3.05) is 6.61 Å². The molecule has 1 rings (SSSR count). The Balaban J connectivity index is 2.18. The first-order chi connectivity index (χ1) is 14.3. The molecule has 0 spiro atoms. The predicted octanol–water partition coefficient (Wildman–Crippen LogP) is 4.52. The highest BCUT2D eigenvalue weighted by Crippen LogP contribution is 2.11. The molecule has 8 heteroatoms. The van der Waals surface area contributed by atoms with Crippen molar-refractivity contribution >= 4 is 22.0 Å². The molecule has 1 aromatic rings. The van der Waals surface area contributed by atoms with Crippen molar-refractivity contribution in [1.29, 1.82) is 0 Å². The Morgan fingerprint density at radius 2 is 1.43 bits per heavy atom. The van der Waals surface area contributed by atoms with Crippen molar-refractivity contribution in [1.82, 2.24) is 5.32 Å². The molecule has 0 aliphatic heterocycles. The maximum Gasteiger partial charge on any atom is 0.328 e. The fraction of sp³-hybridized carbons (Fsp3) is 0.636. The van der Waals surface area contributed by atoms with Crippen LogP contribution in [-0.4, -0.2) is 37.5 Å². The van der Waals surface area contributed by atoms with E-state index in [0.717, 1.165) is 31.4 Å². The lowest BCUT2D eigenvalue weighted by atomic mass is 10.1. The number of benzene rings is 1. The molecule has 170 valence electrons. The summed E-state index contributed by atoms with van der Waals surface area (Å²) in [4.78, 5) is 23.9. The zero-order valence-corrected chi connectivity index (χ0v) is 18.9. The molecule has 1 amide bonds. The van der Waals surface area contributed by atoms with Crippen LogP contribution in [0.1, 0.15) is 88.4 Å². The number of hydrogen-bond acceptors (Lipinski definition) is 5. The van der Waals surface area contributed by atoms with Crippen LogP contribution in [-0.2, 0) is 19.6 Å². The van der Waals surface area contributed by atoms with Gasteiger partial charge in [-0.25, -0.2) is 4.79 Å². The Morgan fingerprint density at radius 1 is 0.933 bits per heavy atom. The molecule has 0 fully saturated rings. The zero-order chi connectivity index (χ0) is 22.4. The van der Waals surface area contributed by atoms with Gasteiger partial charge in [0, 0.05) is 5.56 Å². The summed E-state index contributed by atoms with van der Waals surface area (Å²) in [5.41, 5.74) is 0.178. The first kappa shape index (κ1) is 26.1. The van der Waals surface area contributed by atoms with E-state index in [1.807, 2.05) is 0 Å². The lowest BCUT2D eigenvalue weighted by Gasteiger charge is -2.13. The van der Waals surface area contributed by atoms with Gasteiger partial charge in [-0.15, -0.1) is 0 Å². The number of carbonyl (C=O) groups excluding carboxylic acids is 2. The minimum Gasteiger partial charge on any atom is -0.464 e. The van der Waals surface area contributed by atoms with Gasteiger partial charge in [0.15, 0.2) is 0 Å². The summed E-state index contributed by atoms with van der Waals surface area (Å²) in [6.45, 7) is 4.08. The van der Waals surface area contributed by atoms with Gasteiger partial charge in [0.25, 0.3) is 16.0 Å². The van der Waals surface area contributed by atoms with E-state index in [1.54, 1.807) is 0 Å². The summed E-state index contributed by atoms with van der Waals surface area (Å²) >= 11 is 0. The Kier molecular flexibility index (Phi) is 12.3. The Labute approximate surface area is 180 Å². The smallest absolute Gasteiger partial charge is 0.328 e. The van der Waals surface area contributed by atoms with Crippen molar-refractivity contribution in [3.63, 3.8) is 0 Å².